The summed E-state index contributed by atoms with van der Waals surface area (Å²) in [7, 11) is 1.44. The number of aryl methyl sites for hydroxylation is 2. The van der Waals surface area contributed by atoms with Crippen molar-refractivity contribution in [2.45, 2.75) is 39.5 Å². The minimum absolute atomic E-state index is 0.110. The van der Waals surface area contributed by atoms with Crippen molar-refractivity contribution in [3.05, 3.63) is 34.9 Å². The van der Waals surface area contributed by atoms with Gasteiger partial charge in [0.15, 0.2) is 0 Å². The highest BCUT2D eigenvalue weighted by Gasteiger charge is 2.02. The van der Waals surface area contributed by atoms with Crippen LogP contribution in [0.2, 0.25) is 0 Å². The highest BCUT2D eigenvalue weighted by atomic mass is 16.5. The lowest BCUT2D eigenvalue weighted by Crippen LogP contribution is -2.00. The fourth-order valence-corrected chi connectivity index (χ4v) is 1.77. The molecule has 0 atom stereocenters. The fraction of sp³-hybridized carbons (Fsp3) is 0.500. The molecule has 0 amide bonds. The summed E-state index contributed by atoms with van der Waals surface area (Å²) in [5.74, 6) is -0.110. The molecule has 1 aromatic rings. The molecule has 0 bridgehead atoms. The van der Waals surface area contributed by atoms with E-state index in [1.165, 1.54) is 23.8 Å². The summed E-state index contributed by atoms with van der Waals surface area (Å²) in [5, 5.41) is 0. The minimum Gasteiger partial charge on any atom is -0.469 e. The van der Waals surface area contributed by atoms with Crippen molar-refractivity contribution in [1.29, 1.82) is 0 Å². The second-order valence-corrected chi connectivity index (χ2v) is 4.14. The van der Waals surface area contributed by atoms with Crippen molar-refractivity contribution in [3.8, 4) is 0 Å². The molecule has 0 N–H and O–H groups in total. The molecule has 0 saturated carbocycles. The van der Waals surface area contributed by atoms with Gasteiger partial charge in [0.25, 0.3) is 0 Å². The Bertz CT molecular complexity index is 356. The normalized spacial score (nSPS) is 10.2. The van der Waals surface area contributed by atoms with E-state index in [0.717, 1.165) is 19.3 Å². The van der Waals surface area contributed by atoms with Crippen LogP contribution in [0.5, 0.6) is 0 Å². The van der Waals surface area contributed by atoms with E-state index in [-0.39, 0.29) is 5.97 Å². The van der Waals surface area contributed by atoms with Crippen LogP contribution < -0.4 is 0 Å². The lowest BCUT2D eigenvalue weighted by molar-refractivity contribution is -0.140. The second-order valence-electron chi connectivity index (χ2n) is 4.14. The molecule has 1 aromatic carbocycles. The summed E-state index contributed by atoms with van der Waals surface area (Å²) in [6, 6.07) is 6.39. The Hall–Kier alpha value is -1.31. The maximum atomic E-state index is 10.9. The summed E-state index contributed by atoms with van der Waals surface area (Å²) < 4.78 is 4.61. The Kier molecular flexibility index (Phi) is 5.03. The van der Waals surface area contributed by atoms with Gasteiger partial charge in [-0.1, -0.05) is 18.2 Å². The first-order valence-electron chi connectivity index (χ1n) is 5.77. The standard InChI is InChI=1S/C14H20O2/c1-11-7-6-9-13(12(11)2)8-4-5-10-14(15)16-3/h6-7,9H,4-5,8,10H2,1-3H3. The molecule has 0 saturated heterocycles. The van der Waals surface area contributed by atoms with Crippen LogP contribution in [0, 0.1) is 13.8 Å². The van der Waals surface area contributed by atoms with Gasteiger partial charge in [-0.25, -0.2) is 0 Å². The largest absolute Gasteiger partial charge is 0.469 e. The summed E-state index contributed by atoms with van der Waals surface area (Å²) in [5.41, 5.74) is 4.11. The first-order chi connectivity index (χ1) is 7.65. The molecule has 0 unspecified atom stereocenters. The van der Waals surface area contributed by atoms with Gasteiger partial charge < -0.3 is 4.74 Å². The molecular formula is C14H20O2. The van der Waals surface area contributed by atoms with Gasteiger partial charge in [-0.2, -0.15) is 0 Å². The van der Waals surface area contributed by atoms with Crippen LogP contribution in [0.3, 0.4) is 0 Å². The van der Waals surface area contributed by atoms with Gasteiger partial charge in [0, 0.05) is 6.42 Å². The predicted molar refractivity (Wildman–Crippen MR) is 65.5 cm³/mol. The summed E-state index contributed by atoms with van der Waals surface area (Å²) >= 11 is 0. The average molecular weight is 220 g/mol. The van der Waals surface area contributed by atoms with Crippen molar-refractivity contribution in [1.82, 2.24) is 0 Å². The number of hydrogen-bond donors (Lipinski definition) is 0. The van der Waals surface area contributed by atoms with Crippen LogP contribution >= 0.6 is 0 Å². The molecule has 1 rings (SSSR count). The van der Waals surface area contributed by atoms with E-state index in [1.54, 1.807) is 0 Å². The predicted octanol–water partition coefficient (Wildman–Crippen LogP) is 3.19. The average Bonchev–Trinajstić information content (AvgIpc) is 2.29. The number of ether oxygens (including phenoxy) is 1. The Balaban J connectivity index is 2.38. The zero-order valence-electron chi connectivity index (χ0n) is 10.4. The third-order valence-corrected chi connectivity index (χ3v) is 3.02. The number of benzene rings is 1. The van der Waals surface area contributed by atoms with Crippen molar-refractivity contribution in [3.63, 3.8) is 0 Å². The van der Waals surface area contributed by atoms with Gasteiger partial charge in [-0.05, 0) is 49.8 Å². The lowest BCUT2D eigenvalue weighted by Gasteiger charge is -2.07. The van der Waals surface area contributed by atoms with E-state index in [2.05, 4.69) is 36.8 Å². The SMILES string of the molecule is COC(=O)CCCCc1cccc(C)c1C. The Morgan fingerprint density at radius 1 is 1.25 bits per heavy atom. The van der Waals surface area contributed by atoms with Gasteiger partial charge in [0.2, 0.25) is 0 Å². The van der Waals surface area contributed by atoms with Crippen molar-refractivity contribution in [2.24, 2.45) is 0 Å². The van der Waals surface area contributed by atoms with E-state index >= 15 is 0 Å². The molecule has 0 aliphatic heterocycles. The minimum atomic E-state index is -0.110. The van der Waals surface area contributed by atoms with E-state index < -0.39 is 0 Å². The molecule has 0 fully saturated rings. The highest BCUT2D eigenvalue weighted by Crippen LogP contribution is 2.15. The zero-order valence-corrected chi connectivity index (χ0v) is 10.4. The molecular weight excluding hydrogens is 200 g/mol. The molecule has 2 heteroatoms. The molecule has 0 aliphatic rings. The third kappa shape index (κ3) is 3.69. The van der Waals surface area contributed by atoms with Crippen LogP contribution in [0.25, 0.3) is 0 Å². The van der Waals surface area contributed by atoms with E-state index in [9.17, 15) is 4.79 Å². The first kappa shape index (κ1) is 12.8. The topological polar surface area (TPSA) is 26.3 Å². The van der Waals surface area contributed by atoms with Gasteiger partial charge in [0.1, 0.15) is 0 Å². The Morgan fingerprint density at radius 3 is 2.69 bits per heavy atom. The number of carbonyl (C=O) groups is 1. The zero-order chi connectivity index (χ0) is 12.0. The third-order valence-electron chi connectivity index (χ3n) is 3.02. The van der Waals surface area contributed by atoms with Gasteiger partial charge in [-0.3, -0.25) is 4.79 Å². The van der Waals surface area contributed by atoms with Gasteiger partial charge in [-0.15, -0.1) is 0 Å². The summed E-state index contributed by atoms with van der Waals surface area (Å²) in [6.07, 6.45) is 3.52. The molecule has 0 aliphatic carbocycles. The maximum absolute atomic E-state index is 10.9. The number of esters is 1. The monoisotopic (exact) mass is 220 g/mol. The molecule has 0 radical (unpaired) electrons. The smallest absolute Gasteiger partial charge is 0.305 e. The number of methoxy groups -OCH3 is 1. The Morgan fingerprint density at radius 2 is 2.00 bits per heavy atom. The molecule has 16 heavy (non-hydrogen) atoms. The molecule has 0 heterocycles. The quantitative estimate of drug-likeness (QED) is 0.562. The molecule has 2 nitrogen and oxygen atoms in total. The van der Waals surface area contributed by atoms with E-state index in [4.69, 9.17) is 0 Å². The van der Waals surface area contributed by atoms with Crippen molar-refractivity contribution in [2.75, 3.05) is 7.11 Å². The van der Waals surface area contributed by atoms with Crippen molar-refractivity contribution >= 4 is 5.97 Å². The van der Waals surface area contributed by atoms with Crippen LogP contribution in [0.15, 0.2) is 18.2 Å². The van der Waals surface area contributed by atoms with Gasteiger partial charge >= 0.3 is 5.97 Å². The second kappa shape index (κ2) is 6.31. The number of hydrogen-bond acceptors (Lipinski definition) is 2. The first-order valence-corrected chi connectivity index (χ1v) is 5.77. The molecule has 0 spiro atoms. The van der Waals surface area contributed by atoms with Crippen LogP contribution in [-0.2, 0) is 16.0 Å². The highest BCUT2D eigenvalue weighted by molar-refractivity contribution is 5.68. The van der Waals surface area contributed by atoms with E-state index in [0.29, 0.717) is 6.42 Å². The number of carbonyl (C=O) groups excluding carboxylic acids is 1. The van der Waals surface area contributed by atoms with Crippen LogP contribution in [0.1, 0.15) is 36.0 Å². The molecule has 88 valence electrons. The molecule has 0 aromatic heterocycles. The van der Waals surface area contributed by atoms with E-state index in [1.807, 2.05) is 0 Å². The maximum Gasteiger partial charge on any atom is 0.305 e. The lowest BCUT2D eigenvalue weighted by atomic mass is 9.99. The van der Waals surface area contributed by atoms with Crippen LogP contribution in [-0.4, -0.2) is 13.1 Å². The fourth-order valence-electron chi connectivity index (χ4n) is 1.77. The van der Waals surface area contributed by atoms with Crippen LogP contribution in [0.4, 0.5) is 0 Å². The Labute approximate surface area is 97.6 Å². The summed E-state index contributed by atoms with van der Waals surface area (Å²) in [6.45, 7) is 4.29. The van der Waals surface area contributed by atoms with Crippen molar-refractivity contribution < 1.29 is 9.53 Å². The number of rotatable bonds is 5. The number of unbranched alkanes of at least 4 members (excludes halogenated alkanes) is 1. The summed E-state index contributed by atoms with van der Waals surface area (Å²) in [4.78, 5) is 10.9. The van der Waals surface area contributed by atoms with Gasteiger partial charge in [0.05, 0.1) is 7.11 Å².